The number of rotatable bonds is 5. The van der Waals surface area contributed by atoms with E-state index in [1.54, 1.807) is 12.1 Å². The summed E-state index contributed by atoms with van der Waals surface area (Å²) < 4.78 is 0. The normalized spacial score (nSPS) is 11.0. The summed E-state index contributed by atoms with van der Waals surface area (Å²) in [7, 11) is 0. The van der Waals surface area contributed by atoms with Crippen LogP contribution in [0, 0.1) is 0 Å². The average molecular weight is 238 g/mol. The molecule has 0 heterocycles. The van der Waals surface area contributed by atoms with Gasteiger partial charge in [0.25, 0.3) is 0 Å². The lowest BCUT2D eigenvalue weighted by molar-refractivity contribution is -0.131. The summed E-state index contributed by atoms with van der Waals surface area (Å²) in [6.45, 7) is -0.843. The maximum absolute atomic E-state index is 10.4. The van der Waals surface area contributed by atoms with Gasteiger partial charge in [-0.15, -0.1) is 0 Å². The van der Waals surface area contributed by atoms with Gasteiger partial charge >= 0.3 is 5.97 Å². The Morgan fingerprint density at radius 1 is 1.06 bits per heavy atom. The summed E-state index contributed by atoms with van der Waals surface area (Å²) >= 11 is 0. The second-order valence-electron chi connectivity index (χ2n) is 3.46. The SMILES string of the molecule is O=C(O)/C=C/c1cc(CO)c(CO)c(CO)c1. The first kappa shape index (κ1) is 13.4. The van der Waals surface area contributed by atoms with Crippen LogP contribution in [0.15, 0.2) is 18.2 Å². The molecule has 5 nitrogen and oxygen atoms in total. The van der Waals surface area contributed by atoms with Gasteiger partial charge in [-0.3, -0.25) is 0 Å². The van der Waals surface area contributed by atoms with Crippen molar-refractivity contribution in [3.63, 3.8) is 0 Å². The van der Waals surface area contributed by atoms with Crippen LogP contribution in [-0.4, -0.2) is 26.4 Å². The van der Waals surface area contributed by atoms with Crippen molar-refractivity contribution in [1.82, 2.24) is 0 Å². The highest BCUT2D eigenvalue weighted by atomic mass is 16.4. The predicted octanol–water partition coefficient (Wildman–Crippen LogP) is 0.261. The molecule has 0 bridgehead atoms. The largest absolute Gasteiger partial charge is 0.478 e. The van der Waals surface area contributed by atoms with Gasteiger partial charge in [-0.25, -0.2) is 4.79 Å². The van der Waals surface area contributed by atoms with Gasteiger partial charge in [0.05, 0.1) is 19.8 Å². The molecule has 0 aromatic heterocycles. The first-order valence-corrected chi connectivity index (χ1v) is 5.00. The molecule has 0 fully saturated rings. The predicted molar refractivity (Wildman–Crippen MR) is 60.9 cm³/mol. The Hall–Kier alpha value is -1.69. The van der Waals surface area contributed by atoms with E-state index in [1.165, 1.54) is 6.08 Å². The van der Waals surface area contributed by atoms with Gasteiger partial charge in [-0.1, -0.05) is 0 Å². The molecule has 0 saturated carbocycles. The van der Waals surface area contributed by atoms with Crippen molar-refractivity contribution in [2.24, 2.45) is 0 Å². The zero-order valence-corrected chi connectivity index (χ0v) is 9.13. The molecule has 1 rings (SSSR count). The van der Waals surface area contributed by atoms with Gasteiger partial charge < -0.3 is 20.4 Å². The number of hydrogen-bond acceptors (Lipinski definition) is 4. The lowest BCUT2D eigenvalue weighted by Gasteiger charge is -2.11. The topological polar surface area (TPSA) is 98.0 Å². The first-order valence-electron chi connectivity index (χ1n) is 5.00. The molecule has 0 atom stereocenters. The molecule has 0 amide bonds. The van der Waals surface area contributed by atoms with E-state index in [2.05, 4.69) is 0 Å². The van der Waals surface area contributed by atoms with E-state index in [9.17, 15) is 4.79 Å². The molecule has 0 radical (unpaired) electrons. The highest BCUT2D eigenvalue weighted by molar-refractivity contribution is 5.85. The molecule has 4 N–H and O–H groups in total. The van der Waals surface area contributed by atoms with Crippen LogP contribution in [0.2, 0.25) is 0 Å². The van der Waals surface area contributed by atoms with Crippen LogP contribution in [0.5, 0.6) is 0 Å². The highest BCUT2D eigenvalue weighted by Crippen LogP contribution is 2.19. The van der Waals surface area contributed by atoms with Crippen molar-refractivity contribution in [2.45, 2.75) is 19.8 Å². The minimum Gasteiger partial charge on any atom is -0.478 e. The van der Waals surface area contributed by atoms with Crippen molar-refractivity contribution in [3.05, 3.63) is 40.5 Å². The van der Waals surface area contributed by atoms with E-state index in [4.69, 9.17) is 20.4 Å². The van der Waals surface area contributed by atoms with Gasteiger partial charge in [0.1, 0.15) is 0 Å². The molecular weight excluding hydrogens is 224 g/mol. The van der Waals surface area contributed by atoms with E-state index < -0.39 is 5.97 Å². The summed E-state index contributed by atoms with van der Waals surface area (Å²) in [4.78, 5) is 10.4. The maximum Gasteiger partial charge on any atom is 0.328 e. The third-order valence-corrected chi connectivity index (χ3v) is 2.37. The van der Waals surface area contributed by atoms with E-state index in [0.29, 0.717) is 22.3 Å². The standard InChI is InChI=1S/C12H14O5/c13-5-9-3-8(1-2-12(16)17)4-10(6-14)11(9)7-15/h1-4,13-15H,5-7H2,(H,16,17)/b2-1+. The molecule has 0 aliphatic heterocycles. The van der Waals surface area contributed by atoms with Crippen molar-refractivity contribution in [2.75, 3.05) is 0 Å². The Bertz CT molecular complexity index is 412. The van der Waals surface area contributed by atoms with Crippen molar-refractivity contribution in [1.29, 1.82) is 0 Å². The van der Waals surface area contributed by atoms with Crippen LogP contribution in [0.25, 0.3) is 6.08 Å². The first-order chi connectivity index (χ1) is 8.12. The van der Waals surface area contributed by atoms with E-state index >= 15 is 0 Å². The lowest BCUT2D eigenvalue weighted by Crippen LogP contribution is -2.01. The fourth-order valence-corrected chi connectivity index (χ4v) is 1.57. The molecule has 0 aliphatic carbocycles. The third-order valence-electron chi connectivity index (χ3n) is 2.37. The van der Waals surface area contributed by atoms with E-state index in [1.807, 2.05) is 0 Å². The number of aliphatic hydroxyl groups excluding tert-OH is 3. The summed E-state index contributed by atoms with van der Waals surface area (Å²) in [5.41, 5.74) is 1.98. The van der Waals surface area contributed by atoms with Gasteiger partial charge in [-0.05, 0) is 40.5 Å². The van der Waals surface area contributed by atoms with Crippen LogP contribution in [0.1, 0.15) is 22.3 Å². The Morgan fingerprint density at radius 3 is 1.94 bits per heavy atom. The maximum atomic E-state index is 10.4. The number of hydrogen-bond donors (Lipinski definition) is 4. The van der Waals surface area contributed by atoms with Crippen LogP contribution in [-0.2, 0) is 24.6 Å². The number of aliphatic hydroxyl groups is 3. The van der Waals surface area contributed by atoms with Gasteiger partial charge in [-0.2, -0.15) is 0 Å². The highest BCUT2D eigenvalue weighted by Gasteiger charge is 2.08. The van der Waals surface area contributed by atoms with E-state index in [0.717, 1.165) is 6.08 Å². The monoisotopic (exact) mass is 238 g/mol. The molecular formula is C12H14O5. The number of carboxylic acid groups (broad SMARTS) is 1. The van der Waals surface area contributed by atoms with Crippen molar-refractivity contribution in [3.8, 4) is 0 Å². The van der Waals surface area contributed by atoms with Gasteiger partial charge in [0.15, 0.2) is 0 Å². The minimum absolute atomic E-state index is 0.280. The Morgan fingerprint density at radius 2 is 1.59 bits per heavy atom. The lowest BCUT2D eigenvalue weighted by atomic mass is 9.98. The molecule has 92 valence electrons. The van der Waals surface area contributed by atoms with Crippen LogP contribution in [0.4, 0.5) is 0 Å². The fourth-order valence-electron chi connectivity index (χ4n) is 1.57. The number of carbonyl (C=O) groups is 1. The second-order valence-corrected chi connectivity index (χ2v) is 3.46. The minimum atomic E-state index is -1.08. The zero-order chi connectivity index (χ0) is 12.8. The molecule has 1 aromatic carbocycles. The van der Waals surface area contributed by atoms with Gasteiger partial charge in [0, 0.05) is 6.08 Å². The van der Waals surface area contributed by atoms with Crippen LogP contribution < -0.4 is 0 Å². The number of carboxylic acids is 1. The van der Waals surface area contributed by atoms with Crippen LogP contribution in [0.3, 0.4) is 0 Å². The second kappa shape index (κ2) is 6.15. The third kappa shape index (κ3) is 3.39. The quantitative estimate of drug-likeness (QED) is 0.552. The molecule has 17 heavy (non-hydrogen) atoms. The average Bonchev–Trinajstić information content (AvgIpc) is 2.34. The molecule has 0 saturated heterocycles. The zero-order valence-electron chi connectivity index (χ0n) is 9.13. The van der Waals surface area contributed by atoms with Crippen molar-refractivity contribution < 1.29 is 25.2 Å². The Kier molecular flexibility index (Phi) is 4.84. The molecule has 1 aromatic rings. The number of benzene rings is 1. The summed E-state index contributed by atoms with van der Waals surface area (Å²) in [5.74, 6) is -1.08. The molecule has 0 unspecified atom stereocenters. The van der Waals surface area contributed by atoms with Gasteiger partial charge in [0.2, 0.25) is 0 Å². The smallest absolute Gasteiger partial charge is 0.328 e. The van der Waals surface area contributed by atoms with Crippen molar-refractivity contribution >= 4 is 12.0 Å². The van der Waals surface area contributed by atoms with Crippen LogP contribution >= 0.6 is 0 Å². The summed E-state index contributed by atoms with van der Waals surface area (Å²) in [6.07, 6.45) is 2.33. The molecule has 0 aliphatic rings. The summed E-state index contributed by atoms with van der Waals surface area (Å²) in [5, 5.41) is 35.9. The molecule has 0 spiro atoms. The summed E-state index contributed by atoms with van der Waals surface area (Å²) in [6, 6.07) is 3.15. The number of aliphatic carboxylic acids is 1. The fraction of sp³-hybridized carbons (Fsp3) is 0.250. The molecule has 5 heteroatoms. The van der Waals surface area contributed by atoms with E-state index in [-0.39, 0.29) is 19.8 Å². The Labute approximate surface area is 98.3 Å². The Balaban J connectivity index is 3.22.